The number of anilines is 1. The highest BCUT2D eigenvalue weighted by Gasteiger charge is 2.30. The SMILES string of the molecule is C=CC(=O)N1CCN(c2cnn(C3CCN(C(=O)OC(C)(C)C)CC3)c2)C(=O)C1. The van der Waals surface area contributed by atoms with Crippen molar-refractivity contribution in [3.05, 3.63) is 25.0 Å². The van der Waals surface area contributed by atoms with Gasteiger partial charge in [0, 0.05) is 32.4 Å². The van der Waals surface area contributed by atoms with E-state index in [1.807, 2.05) is 31.6 Å². The number of piperidine rings is 1. The molecule has 0 radical (unpaired) electrons. The predicted molar refractivity (Wildman–Crippen MR) is 107 cm³/mol. The van der Waals surface area contributed by atoms with Gasteiger partial charge < -0.3 is 19.4 Å². The third-order valence-electron chi connectivity index (χ3n) is 5.10. The van der Waals surface area contributed by atoms with E-state index in [-0.39, 0.29) is 30.5 Å². The summed E-state index contributed by atoms with van der Waals surface area (Å²) < 4.78 is 7.30. The quantitative estimate of drug-likeness (QED) is 0.719. The molecular formula is C20H29N5O4. The Hall–Kier alpha value is -2.84. The van der Waals surface area contributed by atoms with Crippen LogP contribution in [0, 0.1) is 0 Å². The summed E-state index contributed by atoms with van der Waals surface area (Å²) in [5.41, 5.74) is 0.229. The van der Waals surface area contributed by atoms with Crippen molar-refractivity contribution in [3.8, 4) is 0 Å². The Morgan fingerprint density at radius 2 is 1.86 bits per heavy atom. The predicted octanol–water partition coefficient (Wildman–Crippen LogP) is 1.82. The van der Waals surface area contributed by atoms with Crippen LogP contribution in [-0.2, 0) is 14.3 Å². The topological polar surface area (TPSA) is 88.0 Å². The molecule has 0 atom stereocenters. The fourth-order valence-electron chi connectivity index (χ4n) is 3.57. The zero-order valence-corrected chi connectivity index (χ0v) is 17.3. The van der Waals surface area contributed by atoms with Crippen LogP contribution in [0.2, 0.25) is 0 Å². The van der Waals surface area contributed by atoms with Crippen LogP contribution < -0.4 is 4.90 Å². The van der Waals surface area contributed by atoms with Gasteiger partial charge in [0.1, 0.15) is 12.1 Å². The molecule has 0 N–H and O–H groups in total. The summed E-state index contributed by atoms with van der Waals surface area (Å²) in [6.45, 7) is 11.2. The van der Waals surface area contributed by atoms with Crippen LogP contribution >= 0.6 is 0 Å². The molecule has 9 nitrogen and oxygen atoms in total. The number of piperazine rings is 1. The average Bonchev–Trinajstić information content (AvgIpc) is 3.16. The Morgan fingerprint density at radius 1 is 1.17 bits per heavy atom. The van der Waals surface area contributed by atoms with Crippen molar-refractivity contribution in [1.82, 2.24) is 19.6 Å². The number of carbonyl (C=O) groups excluding carboxylic acids is 3. The number of hydrogen-bond acceptors (Lipinski definition) is 5. The second kappa shape index (κ2) is 8.26. The fraction of sp³-hybridized carbons (Fsp3) is 0.600. The molecule has 3 heterocycles. The zero-order valence-electron chi connectivity index (χ0n) is 17.3. The van der Waals surface area contributed by atoms with Gasteiger partial charge in [0.15, 0.2) is 0 Å². The Balaban J connectivity index is 1.56. The summed E-state index contributed by atoms with van der Waals surface area (Å²) in [5, 5.41) is 4.44. The Morgan fingerprint density at radius 3 is 2.45 bits per heavy atom. The molecule has 2 saturated heterocycles. The number of hydrogen-bond donors (Lipinski definition) is 0. The molecule has 0 spiro atoms. The molecule has 0 saturated carbocycles. The monoisotopic (exact) mass is 403 g/mol. The number of amides is 3. The summed E-state index contributed by atoms with van der Waals surface area (Å²) in [4.78, 5) is 41.2. The van der Waals surface area contributed by atoms with Gasteiger partial charge >= 0.3 is 6.09 Å². The first-order chi connectivity index (χ1) is 13.7. The molecule has 0 bridgehead atoms. The van der Waals surface area contributed by atoms with Crippen LogP contribution in [0.4, 0.5) is 10.5 Å². The molecule has 2 fully saturated rings. The highest BCUT2D eigenvalue weighted by molar-refractivity contribution is 5.99. The highest BCUT2D eigenvalue weighted by atomic mass is 16.6. The zero-order chi connectivity index (χ0) is 21.2. The maximum Gasteiger partial charge on any atom is 0.410 e. The van der Waals surface area contributed by atoms with Crippen molar-refractivity contribution in [3.63, 3.8) is 0 Å². The number of rotatable bonds is 3. The van der Waals surface area contributed by atoms with E-state index in [1.165, 1.54) is 11.0 Å². The van der Waals surface area contributed by atoms with E-state index in [0.717, 1.165) is 18.5 Å². The molecule has 9 heteroatoms. The summed E-state index contributed by atoms with van der Waals surface area (Å²) in [5.74, 6) is -0.365. The van der Waals surface area contributed by atoms with Crippen molar-refractivity contribution in [2.45, 2.75) is 45.3 Å². The van der Waals surface area contributed by atoms with Crippen molar-refractivity contribution >= 4 is 23.6 Å². The molecule has 158 valence electrons. The van der Waals surface area contributed by atoms with E-state index in [9.17, 15) is 14.4 Å². The molecule has 29 heavy (non-hydrogen) atoms. The van der Waals surface area contributed by atoms with Gasteiger partial charge in [-0.15, -0.1) is 0 Å². The van der Waals surface area contributed by atoms with Crippen molar-refractivity contribution in [1.29, 1.82) is 0 Å². The van der Waals surface area contributed by atoms with E-state index in [1.54, 1.807) is 16.0 Å². The number of carbonyl (C=O) groups is 3. The van der Waals surface area contributed by atoms with E-state index in [2.05, 4.69) is 11.7 Å². The average molecular weight is 403 g/mol. The van der Waals surface area contributed by atoms with Crippen molar-refractivity contribution < 1.29 is 19.1 Å². The molecule has 2 aliphatic heterocycles. The van der Waals surface area contributed by atoms with Gasteiger partial charge in [0.2, 0.25) is 11.8 Å². The molecule has 0 unspecified atom stereocenters. The van der Waals surface area contributed by atoms with Crippen LogP contribution in [-0.4, -0.2) is 75.8 Å². The standard InChI is InChI=1S/C20H29N5O4/c1-5-17(26)23-10-11-24(18(27)14-23)16-12-21-25(13-16)15-6-8-22(9-7-15)19(28)29-20(2,3)4/h5,12-13,15H,1,6-11,14H2,2-4H3. The maximum absolute atomic E-state index is 12.4. The summed E-state index contributed by atoms with van der Waals surface area (Å²) in [7, 11) is 0. The van der Waals surface area contributed by atoms with Crippen LogP contribution in [0.3, 0.4) is 0 Å². The first-order valence-corrected chi connectivity index (χ1v) is 9.92. The largest absolute Gasteiger partial charge is 0.444 e. The normalized spacial score (nSPS) is 18.7. The summed E-state index contributed by atoms with van der Waals surface area (Å²) in [6, 6.07) is 0.168. The third-order valence-corrected chi connectivity index (χ3v) is 5.10. The van der Waals surface area contributed by atoms with Crippen molar-refractivity contribution in [2.75, 3.05) is 37.6 Å². The minimum absolute atomic E-state index is 0.0459. The Labute approximate surface area is 170 Å². The molecule has 3 rings (SSSR count). The molecular weight excluding hydrogens is 374 g/mol. The molecule has 1 aromatic heterocycles. The van der Waals surface area contributed by atoms with Crippen molar-refractivity contribution in [2.24, 2.45) is 0 Å². The smallest absolute Gasteiger partial charge is 0.410 e. The van der Waals surface area contributed by atoms with Crippen LogP contribution in [0.5, 0.6) is 0 Å². The Kier molecular flexibility index (Phi) is 5.95. The first-order valence-electron chi connectivity index (χ1n) is 9.92. The second-order valence-electron chi connectivity index (χ2n) is 8.39. The van der Waals surface area contributed by atoms with Crippen LogP contribution in [0.1, 0.15) is 39.7 Å². The highest BCUT2D eigenvalue weighted by Crippen LogP contribution is 2.26. The van der Waals surface area contributed by atoms with Crippen LogP contribution in [0.15, 0.2) is 25.0 Å². The van der Waals surface area contributed by atoms with Gasteiger partial charge in [-0.05, 0) is 39.7 Å². The molecule has 0 aromatic carbocycles. The molecule has 3 amide bonds. The van der Waals surface area contributed by atoms with Gasteiger partial charge in [0.05, 0.1) is 17.9 Å². The molecule has 2 aliphatic rings. The van der Waals surface area contributed by atoms with Gasteiger partial charge in [-0.3, -0.25) is 14.3 Å². The number of aromatic nitrogens is 2. The maximum atomic E-state index is 12.4. The lowest BCUT2D eigenvalue weighted by Gasteiger charge is -2.34. The minimum atomic E-state index is -0.502. The third kappa shape index (κ3) is 4.96. The number of nitrogens with zero attached hydrogens (tertiary/aromatic N) is 5. The number of likely N-dealkylation sites (tertiary alicyclic amines) is 1. The number of ether oxygens (including phenoxy) is 1. The van der Waals surface area contributed by atoms with E-state index < -0.39 is 5.60 Å². The van der Waals surface area contributed by atoms with Gasteiger partial charge in [-0.1, -0.05) is 6.58 Å². The first kappa shape index (κ1) is 20.9. The lowest BCUT2D eigenvalue weighted by molar-refractivity contribution is -0.133. The van der Waals surface area contributed by atoms with E-state index >= 15 is 0 Å². The van der Waals surface area contributed by atoms with Crippen LogP contribution in [0.25, 0.3) is 0 Å². The summed E-state index contributed by atoms with van der Waals surface area (Å²) in [6.07, 6.45) is 6.05. The fourth-order valence-corrected chi connectivity index (χ4v) is 3.57. The minimum Gasteiger partial charge on any atom is -0.444 e. The van der Waals surface area contributed by atoms with E-state index in [0.29, 0.717) is 26.2 Å². The van der Waals surface area contributed by atoms with Gasteiger partial charge in [-0.25, -0.2) is 4.79 Å². The molecule has 0 aliphatic carbocycles. The summed E-state index contributed by atoms with van der Waals surface area (Å²) >= 11 is 0. The van der Waals surface area contributed by atoms with Gasteiger partial charge in [-0.2, -0.15) is 5.10 Å². The molecule has 1 aromatic rings. The van der Waals surface area contributed by atoms with E-state index in [4.69, 9.17) is 4.74 Å². The lowest BCUT2D eigenvalue weighted by Crippen LogP contribution is -2.52. The Bertz CT molecular complexity index is 789. The second-order valence-corrected chi connectivity index (χ2v) is 8.39. The van der Waals surface area contributed by atoms with Gasteiger partial charge in [0.25, 0.3) is 0 Å². The lowest BCUT2D eigenvalue weighted by atomic mass is 10.1.